The molecule has 2 rings (SSSR count). The van der Waals surface area contributed by atoms with Crippen LogP contribution in [0, 0.1) is 17.8 Å². The minimum Gasteiger partial charge on any atom is -0.481 e. The molecule has 1 unspecified atom stereocenters. The van der Waals surface area contributed by atoms with Crippen molar-refractivity contribution in [3.8, 4) is 0 Å². The van der Waals surface area contributed by atoms with Gasteiger partial charge < -0.3 is 24.5 Å². The summed E-state index contributed by atoms with van der Waals surface area (Å²) in [5.74, 6) is -1.43. The van der Waals surface area contributed by atoms with Crippen LogP contribution in [0.4, 0.5) is 4.79 Å². The number of esters is 1. The van der Waals surface area contributed by atoms with Crippen molar-refractivity contribution in [1.29, 1.82) is 0 Å². The molecule has 0 bridgehead atoms. The molecule has 1 saturated carbocycles. The number of amides is 1. The quantitative estimate of drug-likeness (QED) is 0.297. The highest BCUT2D eigenvalue weighted by molar-refractivity contribution is 5.72. The van der Waals surface area contributed by atoms with E-state index in [1.807, 2.05) is 12.5 Å². The number of imidazole rings is 1. The minimum absolute atomic E-state index is 0.266. The van der Waals surface area contributed by atoms with E-state index >= 15 is 0 Å². The first-order valence-electron chi connectivity index (χ1n) is 11.6. The van der Waals surface area contributed by atoms with Crippen molar-refractivity contribution in [2.75, 3.05) is 6.54 Å². The molecule has 0 saturated heterocycles. The second kappa shape index (κ2) is 12.5. The molecule has 1 aromatic heterocycles. The van der Waals surface area contributed by atoms with Crippen LogP contribution in [0.3, 0.4) is 0 Å². The van der Waals surface area contributed by atoms with Gasteiger partial charge in [0.15, 0.2) is 0 Å². The second-order valence-corrected chi connectivity index (χ2v) is 9.10. The number of ether oxygens (including phenoxy) is 2. The number of aliphatic carboxylic acids is 1. The third kappa shape index (κ3) is 8.51. The van der Waals surface area contributed by atoms with Crippen LogP contribution in [-0.4, -0.2) is 45.5 Å². The third-order valence-electron chi connectivity index (χ3n) is 5.89. The van der Waals surface area contributed by atoms with Crippen molar-refractivity contribution in [3.63, 3.8) is 0 Å². The van der Waals surface area contributed by atoms with Crippen LogP contribution < -0.4 is 5.32 Å². The molecule has 2 atom stereocenters. The number of hydrogen-bond acceptors (Lipinski definition) is 6. The van der Waals surface area contributed by atoms with Crippen LogP contribution in [0.5, 0.6) is 0 Å². The van der Waals surface area contributed by atoms with Crippen molar-refractivity contribution < 1.29 is 29.0 Å². The van der Waals surface area contributed by atoms with Crippen molar-refractivity contribution in [3.05, 3.63) is 18.2 Å². The van der Waals surface area contributed by atoms with E-state index in [4.69, 9.17) is 9.47 Å². The number of carboxylic acid groups (broad SMARTS) is 1. The predicted octanol–water partition coefficient (Wildman–Crippen LogP) is 3.93. The van der Waals surface area contributed by atoms with Gasteiger partial charge in [-0.05, 0) is 44.4 Å². The Morgan fingerprint density at radius 1 is 1.19 bits per heavy atom. The molecule has 0 aliphatic heterocycles. The van der Waals surface area contributed by atoms with Gasteiger partial charge in [0, 0.05) is 32.1 Å². The lowest BCUT2D eigenvalue weighted by molar-refractivity contribution is -0.168. The molecule has 9 heteroatoms. The molecule has 2 N–H and O–H groups in total. The van der Waals surface area contributed by atoms with E-state index in [0.29, 0.717) is 25.3 Å². The summed E-state index contributed by atoms with van der Waals surface area (Å²) in [6.45, 7) is 7.39. The molecule has 1 heterocycles. The van der Waals surface area contributed by atoms with Gasteiger partial charge in [-0.2, -0.15) is 0 Å². The average molecular weight is 452 g/mol. The van der Waals surface area contributed by atoms with E-state index < -0.39 is 30.2 Å². The van der Waals surface area contributed by atoms with Gasteiger partial charge in [0.25, 0.3) is 0 Å². The number of rotatable bonds is 11. The summed E-state index contributed by atoms with van der Waals surface area (Å²) in [5, 5.41) is 12.1. The lowest BCUT2D eigenvalue weighted by atomic mass is 9.87. The largest absolute Gasteiger partial charge is 0.481 e. The number of nitrogens with zero attached hydrogens (tertiary/aromatic N) is 2. The maximum atomic E-state index is 11.8. The van der Waals surface area contributed by atoms with E-state index in [-0.39, 0.29) is 12.5 Å². The van der Waals surface area contributed by atoms with Crippen LogP contribution in [0.25, 0.3) is 0 Å². The topological polar surface area (TPSA) is 120 Å². The number of carbonyl (C=O) groups is 3. The van der Waals surface area contributed by atoms with Crippen LogP contribution in [0.1, 0.15) is 78.0 Å². The van der Waals surface area contributed by atoms with Gasteiger partial charge in [-0.25, -0.2) is 9.78 Å². The fourth-order valence-electron chi connectivity index (χ4n) is 3.85. The molecule has 32 heavy (non-hydrogen) atoms. The maximum Gasteiger partial charge on any atom is 0.410 e. The Bertz CT molecular complexity index is 755. The van der Waals surface area contributed by atoms with Crippen molar-refractivity contribution in [1.82, 2.24) is 14.9 Å². The molecule has 1 aliphatic carbocycles. The maximum absolute atomic E-state index is 11.8. The van der Waals surface area contributed by atoms with E-state index in [0.717, 1.165) is 24.5 Å². The van der Waals surface area contributed by atoms with Crippen molar-refractivity contribution in [2.45, 2.75) is 85.0 Å². The van der Waals surface area contributed by atoms with Crippen LogP contribution >= 0.6 is 0 Å². The summed E-state index contributed by atoms with van der Waals surface area (Å²) in [4.78, 5) is 39.4. The Kier molecular flexibility index (Phi) is 9.99. The molecular weight excluding hydrogens is 414 g/mol. The fourth-order valence-corrected chi connectivity index (χ4v) is 3.85. The molecular formula is C23H37N3O6. The summed E-state index contributed by atoms with van der Waals surface area (Å²) in [7, 11) is 0. The zero-order chi connectivity index (χ0) is 23.7. The Labute approximate surface area is 189 Å². The van der Waals surface area contributed by atoms with Gasteiger partial charge >= 0.3 is 18.0 Å². The Hall–Kier alpha value is -2.58. The standard InChI is InChI=1S/C23H37N3O6/c1-15(2)22(29)31-17(4)32-23(30)24-11-5-6-18(21(27)28)12-19-13-26(14-25-19)20-9-7-16(3)8-10-20/h13-18,20H,5-12H2,1-4H3,(H,24,30)(H,27,28)/t16-,17?,18-,20-/m0/s1. The molecule has 0 radical (unpaired) electrons. The van der Waals surface area contributed by atoms with Gasteiger partial charge in [-0.3, -0.25) is 9.59 Å². The van der Waals surface area contributed by atoms with E-state index in [2.05, 4.69) is 21.8 Å². The number of nitrogens with one attached hydrogen (secondary N) is 1. The lowest BCUT2D eigenvalue weighted by Gasteiger charge is -2.26. The predicted molar refractivity (Wildman–Crippen MR) is 118 cm³/mol. The van der Waals surface area contributed by atoms with Crippen LogP contribution in [0.15, 0.2) is 12.5 Å². The molecule has 1 aliphatic rings. The lowest BCUT2D eigenvalue weighted by Crippen LogP contribution is -2.32. The number of alkyl carbamates (subject to hydrolysis) is 1. The van der Waals surface area contributed by atoms with Crippen molar-refractivity contribution >= 4 is 18.0 Å². The highest BCUT2D eigenvalue weighted by Crippen LogP contribution is 2.31. The zero-order valence-corrected chi connectivity index (χ0v) is 19.6. The van der Waals surface area contributed by atoms with Gasteiger partial charge in [-0.1, -0.05) is 20.8 Å². The molecule has 9 nitrogen and oxygen atoms in total. The summed E-state index contributed by atoms with van der Waals surface area (Å²) in [6.07, 6.45) is 8.04. The summed E-state index contributed by atoms with van der Waals surface area (Å²) < 4.78 is 12.1. The number of aromatic nitrogens is 2. The number of carboxylic acids is 1. The van der Waals surface area contributed by atoms with Gasteiger partial charge in [-0.15, -0.1) is 0 Å². The summed E-state index contributed by atoms with van der Waals surface area (Å²) in [6, 6.07) is 0.452. The fraction of sp³-hybridized carbons (Fsp3) is 0.739. The summed E-state index contributed by atoms with van der Waals surface area (Å²) in [5.41, 5.74) is 0.782. The summed E-state index contributed by atoms with van der Waals surface area (Å²) >= 11 is 0. The third-order valence-corrected chi connectivity index (χ3v) is 5.89. The second-order valence-electron chi connectivity index (χ2n) is 9.10. The SMILES string of the molecule is CC(OC(=O)NCCC[C@@H](Cc1cn([C@H]2CC[C@H](C)CC2)cn1)C(=O)O)OC(=O)C(C)C. The van der Waals surface area contributed by atoms with Gasteiger partial charge in [0.1, 0.15) is 0 Å². The Morgan fingerprint density at radius 3 is 2.50 bits per heavy atom. The normalized spacial score (nSPS) is 20.4. The van der Waals surface area contributed by atoms with Crippen LogP contribution in [0.2, 0.25) is 0 Å². The average Bonchev–Trinajstić information content (AvgIpc) is 3.19. The van der Waals surface area contributed by atoms with Gasteiger partial charge in [0.2, 0.25) is 6.29 Å². The first kappa shape index (κ1) is 25.7. The van der Waals surface area contributed by atoms with E-state index in [9.17, 15) is 19.5 Å². The minimum atomic E-state index is -0.987. The molecule has 180 valence electrons. The van der Waals surface area contributed by atoms with Crippen molar-refractivity contribution in [2.24, 2.45) is 17.8 Å². The van der Waals surface area contributed by atoms with Gasteiger partial charge in [0.05, 0.1) is 23.9 Å². The Morgan fingerprint density at radius 2 is 1.88 bits per heavy atom. The zero-order valence-electron chi connectivity index (χ0n) is 19.6. The molecule has 0 spiro atoms. The highest BCUT2D eigenvalue weighted by Gasteiger charge is 2.23. The van der Waals surface area contributed by atoms with Crippen LogP contribution in [-0.2, 0) is 25.5 Å². The first-order valence-corrected chi connectivity index (χ1v) is 11.6. The smallest absolute Gasteiger partial charge is 0.410 e. The highest BCUT2D eigenvalue weighted by atomic mass is 16.7. The number of carbonyl (C=O) groups excluding carboxylic acids is 2. The molecule has 1 aromatic rings. The Balaban J connectivity index is 1.72. The first-order chi connectivity index (χ1) is 15.2. The monoisotopic (exact) mass is 451 g/mol. The van der Waals surface area contributed by atoms with E-state index in [1.54, 1.807) is 13.8 Å². The number of hydrogen-bond donors (Lipinski definition) is 2. The molecule has 1 amide bonds. The molecule has 1 fully saturated rings. The molecule has 0 aromatic carbocycles. The van der Waals surface area contributed by atoms with E-state index in [1.165, 1.54) is 19.8 Å².